The third-order valence-corrected chi connectivity index (χ3v) is 6.92. The molecule has 0 spiro atoms. The number of nitriles is 1. The Balaban J connectivity index is 1.83. The zero-order valence-corrected chi connectivity index (χ0v) is 20.2. The molecule has 1 atom stereocenters. The predicted molar refractivity (Wildman–Crippen MR) is 126 cm³/mol. The highest BCUT2D eigenvalue weighted by atomic mass is 32.1. The summed E-state index contributed by atoms with van der Waals surface area (Å²) < 4.78 is 15.8. The summed E-state index contributed by atoms with van der Waals surface area (Å²) in [5.74, 6) is 1.15. The second kappa shape index (κ2) is 10.2. The lowest BCUT2D eigenvalue weighted by Gasteiger charge is -2.33. The number of hydrogen-bond acceptors (Lipinski definition) is 7. The molecule has 0 saturated carbocycles. The van der Waals surface area contributed by atoms with Gasteiger partial charge in [-0.15, -0.1) is 11.3 Å². The number of carbonyl (C=O) groups excluding carboxylic acids is 1. The molecule has 1 aromatic carbocycles. The number of nitrogens with zero attached hydrogens (tertiary/aromatic N) is 2. The monoisotopic (exact) mass is 454 g/mol. The molecule has 6 nitrogen and oxygen atoms in total. The average molecular weight is 455 g/mol. The van der Waals surface area contributed by atoms with E-state index in [0.29, 0.717) is 29.6 Å². The van der Waals surface area contributed by atoms with E-state index < -0.39 is 5.97 Å². The molecular weight excluding hydrogens is 424 g/mol. The number of rotatable bonds is 7. The van der Waals surface area contributed by atoms with Crippen LogP contribution in [-0.4, -0.2) is 32.5 Å². The Kier molecular flexibility index (Phi) is 7.57. The van der Waals surface area contributed by atoms with E-state index in [2.05, 4.69) is 36.6 Å². The number of esters is 1. The highest BCUT2D eigenvalue weighted by molar-refractivity contribution is 7.16. The number of methoxy groups -OCH3 is 1. The number of thiophene rings is 1. The van der Waals surface area contributed by atoms with Crippen molar-refractivity contribution in [1.29, 1.82) is 5.26 Å². The van der Waals surface area contributed by atoms with Crippen LogP contribution in [0, 0.1) is 22.7 Å². The Hall–Kier alpha value is -2.85. The van der Waals surface area contributed by atoms with E-state index in [0.717, 1.165) is 29.8 Å². The molecule has 0 bridgehead atoms. The lowest BCUT2D eigenvalue weighted by molar-refractivity contribution is -0.142. The van der Waals surface area contributed by atoms with Gasteiger partial charge in [0.2, 0.25) is 0 Å². The normalized spacial score (nSPS) is 15.8. The van der Waals surface area contributed by atoms with Crippen molar-refractivity contribution >= 4 is 28.5 Å². The summed E-state index contributed by atoms with van der Waals surface area (Å²) in [4.78, 5) is 17.3. The van der Waals surface area contributed by atoms with Crippen LogP contribution in [0.15, 0.2) is 23.2 Å². The van der Waals surface area contributed by atoms with Gasteiger partial charge in [0.15, 0.2) is 18.1 Å². The highest BCUT2D eigenvalue weighted by Crippen LogP contribution is 2.44. The molecule has 1 aliphatic rings. The second-order valence-electron chi connectivity index (χ2n) is 8.86. The number of fused-ring (bicyclic) bond motifs is 1. The summed E-state index contributed by atoms with van der Waals surface area (Å²) in [7, 11) is 1.32. The first-order valence-electron chi connectivity index (χ1n) is 10.8. The predicted octanol–water partition coefficient (Wildman–Crippen LogP) is 5.47. The van der Waals surface area contributed by atoms with Crippen molar-refractivity contribution in [2.75, 3.05) is 20.3 Å². The molecule has 0 unspecified atom stereocenters. The molecule has 7 heteroatoms. The molecule has 0 amide bonds. The molecule has 0 fully saturated rings. The van der Waals surface area contributed by atoms with Crippen LogP contribution in [0.4, 0.5) is 5.00 Å². The van der Waals surface area contributed by atoms with E-state index in [1.54, 1.807) is 23.6 Å². The fourth-order valence-electron chi connectivity index (χ4n) is 3.84. The summed E-state index contributed by atoms with van der Waals surface area (Å²) >= 11 is 1.63. The topological polar surface area (TPSA) is 80.9 Å². The highest BCUT2D eigenvalue weighted by Gasteiger charge is 2.32. The van der Waals surface area contributed by atoms with E-state index in [1.165, 1.54) is 17.6 Å². The van der Waals surface area contributed by atoms with Gasteiger partial charge in [-0.05, 0) is 66.8 Å². The summed E-state index contributed by atoms with van der Waals surface area (Å²) in [5, 5.41) is 10.5. The fraction of sp³-hybridized carbons (Fsp3) is 0.480. The van der Waals surface area contributed by atoms with Gasteiger partial charge in [-0.2, -0.15) is 5.26 Å². The van der Waals surface area contributed by atoms with Gasteiger partial charge >= 0.3 is 5.97 Å². The number of ether oxygens (including phenoxy) is 3. The first kappa shape index (κ1) is 23.8. The van der Waals surface area contributed by atoms with Gasteiger partial charge in [0, 0.05) is 11.1 Å². The van der Waals surface area contributed by atoms with E-state index in [4.69, 9.17) is 9.47 Å². The molecule has 1 aromatic heterocycles. The van der Waals surface area contributed by atoms with Crippen LogP contribution in [0.2, 0.25) is 0 Å². The van der Waals surface area contributed by atoms with Gasteiger partial charge in [0.05, 0.1) is 19.3 Å². The minimum absolute atomic E-state index is 0.189. The molecule has 3 rings (SSSR count). The smallest absolute Gasteiger partial charge is 0.343 e. The van der Waals surface area contributed by atoms with Gasteiger partial charge in [-0.25, -0.2) is 9.79 Å². The maximum atomic E-state index is 11.4. The molecule has 1 aliphatic carbocycles. The summed E-state index contributed by atoms with van der Waals surface area (Å²) in [6.07, 6.45) is 4.79. The van der Waals surface area contributed by atoms with Gasteiger partial charge in [0.1, 0.15) is 11.1 Å². The summed E-state index contributed by atoms with van der Waals surface area (Å²) in [6.45, 7) is 9.01. The minimum atomic E-state index is -0.461. The van der Waals surface area contributed by atoms with Crippen molar-refractivity contribution < 1.29 is 19.0 Å². The van der Waals surface area contributed by atoms with Crippen molar-refractivity contribution in [3.63, 3.8) is 0 Å². The average Bonchev–Trinajstić information content (AvgIpc) is 3.13. The SMILES string of the molecule is CCOc1cc(C=Nc2sc3c(c2C#N)CC[C@H](C(C)(C)C)C3)ccc1OCC(=O)OC. The van der Waals surface area contributed by atoms with Crippen molar-refractivity contribution in [1.82, 2.24) is 0 Å². The number of hydrogen-bond donors (Lipinski definition) is 0. The van der Waals surface area contributed by atoms with Crippen molar-refractivity contribution in [2.45, 2.75) is 47.0 Å². The van der Waals surface area contributed by atoms with Crippen molar-refractivity contribution in [3.8, 4) is 17.6 Å². The standard InChI is InChI=1S/C25H30N2O4S/c1-6-30-21-11-16(7-10-20(21)31-15-23(28)29-5)14-27-24-19(13-26)18-9-8-17(25(2,3)4)12-22(18)32-24/h7,10-11,14,17H,6,8-9,12,15H2,1-5H3/t17-/m0/s1. The minimum Gasteiger partial charge on any atom is -0.490 e. The quantitative estimate of drug-likeness (QED) is 0.409. The van der Waals surface area contributed by atoms with E-state index in [-0.39, 0.29) is 12.0 Å². The van der Waals surface area contributed by atoms with Gasteiger partial charge in [-0.1, -0.05) is 20.8 Å². The van der Waals surface area contributed by atoms with Crippen LogP contribution in [-0.2, 0) is 22.4 Å². The van der Waals surface area contributed by atoms with E-state index >= 15 is 0 Å². The number of aliphatic imine (C=N–C) groups is 1. The van der Waals surface area contributed by atoms with Crippen LogP contribution in [0.3, 0.4) is 0 Å². The maximum Gasteiger partial charge on any atom is 0.343 e. The Bertz CT molecular complexity index is 1040. The molecule has 0 saturated heterocycles. The maximum absolute atomic E-state index is 11.4. The van der Waals surface area contributed by atoms with Crippen LogP contribution < -0.4 is 9.47 Å². The third kappa shape index (κ3) is 5.49. The number of carbonyl (C=O) groups is 1. The lowest BCUT2D eigenvalue weighted by Crippen LogP contribution is -2.26. The van der Waals surface area contributed by atoms with Crippen molar-refractivity contribution in [2.24, 2.45) is 16.3 Å². The Morgan fingerprint density at radius 1 is 1.31 bits per heavy atom. The van der Waals surface area contributed by atoms with Gasteiger partial charge < -0.3 is 14.2 Å². The molecule has 2 aromatic rings. The van der Waals surface area contributed by atoms with Gasteiger partial charge in [0.25, 0.3) is 0 Å². The first-order valence-corrected chi connectivity index (χ1v) is 11.6. The first-order chi connectivity index (χ1) is 15.3. The van der Waals surface area contributed by atoms with Gasteiger partial charge in [-0.3, -0.25) is 0 Å². The number of benzene rings is 1. The fourth-order valence-corrected chi connectivity index (χ4v) is 5.06. The van der Waals surface area contributed by atoms with Crippen LogP contribution in [0.5, 0.6) is 11.5 Å². The zero-order chi connectivity index (χ0) is 23.3. The Labute approximate surface area is 193 Å². The largest absolute Gasteiger partial charge is 0.490 e. The molecular formula is C25H30N2O4S. The molecule has 0 N–H and O–H groups in total. The zero-order valence-electron chi connectivity index (χ0n) is 19.4. The summed E-state index contributed by atoms with van der Waals surface area (Å²) in [5.41, 5.74) is 2.95. The van der Waals surface area contributed by atoms with Crippen LogP contribution >= 0.6 is 11.3 Å². The van der Waals surface area contributed by atoms with Crippen LogP contribution in [0.25, 0.3) is 0 Å². The summed E-state index contributed by atoms with van der Waals surface area (Å²) in [6, 6.07) is 7.77. The van der Waals surface area contributed by atoms with E-state index in [1.807, 2.05) is 19.1 Å². The second-order valence-corrected chi connectivity index (χ2v) is 9.95. The molecule has 32 heavy (non-hydrogen) atoms. The molecule has 0 aliphatic heterocycles. The Morgan fingerprint density at radius 3 is 2.75 bits per heavy atom. The van der Waals surface area contributed by atoms with Crippen molar-refractivity contribution in [3.05, 3.63) is 39.8 Å². The molecule has 170 valence electrons. The molecule has 1 heterocycles. The lowest BCUT2D eigenvalue weighted by atomic mass is 9.72. The van der Waals surface area contributed by atoms with E-state index in [9.17, 15) is 10.1 Å². The third-order valence-electron chi connectivity index (χ3n) is 5.75. The Morgan fingerprint density at radius 2 is 2.09 bits per heavy atom. The van der Waals surface area contributed by atoms with Crippen LogP contribution in [0.1, 0.15) is 55.7 Å². The molecule has 0 radical (unpaired) electrons.